The molecule has 0 aliphatic carbocycles. The number of hydrogen-bond acceptors (Lipinski definition) is 6. The Kier molecular flexibility index (Phi) is 9.35. The van der Waals surface area contributed by atoms with Gasteiger partial charge in [0.15, 0.2) is 0 Å². The molecule has 7 nitrogen and oxygen atoms in total. The molecule has 0 radical (unpaired) electrons. The number of nitrogens with zero attached hydrogens (tertiary/aromatic N) is 3. The highest BCUT2D eigenvalue weighted by molar-refractivity contribution is 7.85. The lowest BCUT2D eigenvalue weighted by molar-refractivity contribution is -0.137. The van der Waals surface area contributed by atoms with E-state index in [2.05, 4.69) is 20.6 Å². The molecule has 4 heterocycles. The Balaban J connectivity index is 1.39. The summed E-state index contributed by atoms with van der Waals surface area (Å²) in [5.41, 5.74) is 1.12. The first kappa shape index (κ1) is 31.9. The van der Waals surface area contributed by atoms with E-state index < -0.39 is 53.6 Å². The second-order valence-electron chi connectivity index (χ2n) is 10.1. The molecule has 1 fully saturated rings. The van der Waals surface area contributed by atoms with E-state index in [1.807, 2.05) is 19.1 Å². The van der Waals surface area contributed by atoms with Gasteiger partial charge in [-0.05, 0) is 61.0 Å². The molecule has 1 amide bonds. The molecule has 3 aromatic heterocycles. The standard InChI is InChI=1S/C29H25ClF5N5O2S2/c1-17(21-4-2-3-11-36-21)38-25-13-18(12-22(39-25)19-5-7-20(8-6-19)29(33,34)35)15-37-27(41)23-14-28(31,32)16-40(23)44(42)26-10-9-24(30)43-26/h2-13,17,23H,14-16H2,1H3,(H,37,41)(H,38,39). The van der Waals surface area contributed by atoms with Crippen LogP contribution in [-0.2, 0) is 28.5 Å². The normalized spacial score (nSPS) is 18.1. The van der Waals surface area contributed by atoms with Crippen molar-refractivity contribution in [3.63, 3.8) is 0 Å². The first-order valence-electron chi connectivity index (χ1n) is 13.2. The highest BCUT2D eigenvalue weighted by Crippen LogP contribution is 2.37. The van der Waals surface area contributed by atoms with E-state index in [1.54, 1.807) is 24.4 Å². The Morgan fingerprint density at radius 3 is 2.55 bits per heavy atom. The lowest BCUT2D eigenvalue weighted by Gasteiger charge is -2.21. The van der Waals surface area contributed by atoms with Crippen LogP contribution in [0.3, 0.4) is 0 Å². The minimum atomic E-state index is -4.51. The van der Waals surface area contributed by atoms with Crippen LogP contribution < -0.4 is 10.6 Å². The van der Waals surface area contributed by atoms with Crippen molar-refractivity contribution >= 4 is 45.6 Å². The van der Waals surface area contributed by atoms with Crippen LogP contribution in [0.15, 0.2) is 77.1 Å². The number of pyridine rings is 2. The molecule has 44 heavy (non-hydrogen) atoms. The topological polar surface area (TPSA) is 87.2 Å². The first-order chi connectivity index (χ1) is 20.8. The van der Waals surface area contributed by atoms with Gasteiger partial charge in [-0.15, -0.1) is 11.3 Å². The summed E-state index contributed by atoms with van der Waals surface area (Å²) in [4.78, 5) is 22.1. The zero-order valence-electron chi connectivity index (χ0n) is 22.9. The molecule has 0 saturated carbocycles. The van der Waals surface area contributed by atoms with Crippen LogP contribution in [-0.4, -0.2) is 42.9 Å². The van der Waals surface area contributed by atoms with Crippen molar-refractivity contribution in [3.05, 3.63) is 94.1 Å². The van der Waals surface area contributed by atoms with Crippen LogP contribution in [0.2, 0.25) is 4.34 Å². The van der Waals surface area contributed by atoms with Gasteiger partial charge in [0.25, 0.3) is 5.92 Å². The molecule has 4 aromatic rings. The molecule has 1 aliphatic rings. The number of hydrogen-bond donors (Lipinski definition) is 2. The number of anilines is 1. The number of carbonyl (C=O) groups excluding carboxylic acids is 1. The highest BCUT2D eigenvalue weighted by atomic mass is 35.5. The maximum atomic E-state index is 14.4. The van der Waals surface area contributed by atoms with Crippen LogP contribution in [0, 0.1) is 0 Å². The lowest BCUT2D eigenvalue weighted by atomic mass is 10.1. The minimum Gasteiger partial charge on any atom is -0.362 e. The van der Waals surface area contributed by atoms with Gasteiger partial charge in [0.1, 0.15) is 27.1 Å². The van der Waals surface area contributed by atoms with Gasteiger partial charge in [-0.25, -0.2) is 22.3 Å². The van der Waals surface area contributed by atoms with Crippen LogP contribution in [0.4, 0.5) is 27.8 Å². The van der Waals surface area contributed by atoms with Gasteiger partial charge in [-0.1, -0.05) is 29.8 Å². The number of rotatable bonds is 9. The predicted molar refractivity (Wildman–Crippen MR) is 159 cm³/mol. The van der Waals surface area contributed by atoms with E-state index in [9.17, 15) is 31.0 Å². The molecule has 5 rings (SSSR count). The Morgan fingerprint density at radius 1 is 1.16 bits per heavy atom. The monoisotopic (exact) mass is 669 g/mol. The number of amides is 1. The van der Waals surface area contributed by atoms with Crippen molar-refractivity contribution in [2.24, 2.45) is 0 Å². The largest absolute Gasteiger partial charge is 0.416 e. The molecule has 0 spiro atoms. The van der Waals surface area contributed by atoms with Gasteiger partial charge < -0.3 is 10.6 Å². The van der Waals surface area contributed by atoms with Gasteiger partial charge in [-0.2, -0.15) is 13.2 Å². The SMILES string of the molecule is CC(Nc1cc(CNC(=O)C2CC(F)(F)CN2S(=O)c2ccc(Cl)s2)cc(-c2ccc(C(F)(F)F)cc2)n1)c1ccccn1. The van der Waals surface area contributed by atoms with Crippen LogP contribution in [0.5, 0.6) is 0 Å². The van der Waals surface area contributed by atoms with Crippen LogP contribution >= 0.6 is 22.9 Å². The van der Waals surface area contributed by atoms with Crippen LogP contribution in [0.25, 0.3) is 11.3 Å². The third-order valence-electron chi connectivity index (χ3n) is 6.82. The predicted octanol–water partition coefficient (Wildman–Crippen LogP) is 7.10. The molecular formula is C29H25ClF5N5O2S2. The van der Waals surface area contributed by atoms with E-state index >= 15 is 0 Å². The number of aromatic nitrogens is 2. The number of nitrogens with one attached hydrogen (secondary N) is 2. The summed E-state index contributed by atoms with van der Waals surface area (Å²) in [5.74, 6) is -3.62. The second-order valence-corrected chi connectivity index (χ2v) is 13.5. The number of benzene rings is 1. The van der Waals surface area contributed by atoms with Crippen molar-refractivity contribution < 1.29 is 31.0 Å². The zero-order chi connectivity index (χ0) is 31.6. The van der Waals surface area contributed by atoms with Gasteiger partial charge in [0.2, 0.25) is 5.91 Å². The van der Waals surface area contributed by atoms with Crippen molar-refractivity contribution in [2.45, 2.75) is 48.3 Å². The van der Waals surface area contributed by atoms with Crippen molar-refractivity contribution in [2.75, 3.05) is 11.9 Å². The van der Waals surface area contributed by atoms with Crippen molar-refractivity contribution in [1.29, 1.82) is 0 Å². The van der Waals surface area contributed by atoms with E-state index in [0.29, 0.717) is 32.7 Å². The minimum absolute atomic E-state index is 0.116. The summed E-state index contributed by atoms with van der Waals surface area (Å²) in [7, 11) is -2.03. The average molecular weight is 670 g/mol. The summed E-state index contributed by atoms with van der Waals surface area (Å²) >= 11 is 6.90. The third-order valence-corrected chi connectivity index (χ3v) is 9.81. The molecule has 1 aromatic carbocycles. The lowest BCUT2D eigenvalue weighted by Crippen LogP contribution is -2.43. The molecular weight excluding hydrogens is 645 g/mol. The summed E-state index contributed by atoms with van der Waals surface area (Å²) in [6.45, 7) is 0.876. The van der Waals surface area contributed by atoms with Crippen LogP contribution in [0.1, 0.15) is 36.2 Å². The van der Waals surface area contributed by atoms with E-state index in [4.69, 9.17) is 11.6 Å². The number of thiophene rings is 1. The fourth-order valence-electron chi connectivity index (χ4n) is 4.67. The van der Waals surface area contributed by atoms with Crippen molar-refractivity contribution in [1.82, 2.24) is 19.6 Å². The fraction of sp³-hybridized carbons (Fsp3) is 0.276. The van der Waals surface area contributed by atoms with Gasteiger partial charge in [0.05, 0.1) is 33.9 Å². The van der Waals surface area contributed by atoms with E-state index in [0.717, 1.165) is 27.8 Å². The van der Waals surface area contributed by atoms with E-state index in [-0.39, 0.29) is 16.8 Å². The maximum Gasteiger partial charge on any atom is 0.416 e. The Morgan fingerprint density at radius 2 is 1.91 bits per heavy atom. The molecule has 3 unspecified atom stereocenters. The summed E-state index contributed by atoms with van der Waals surface area (Å²) in [6.07, 6.45) is -3.69. The molecule has 1 saturated heterocycles. The Labute approximate surface area is 261 Å². The molecule has 0 bridgehead atoms. The molecule has 232 valence electrons. The summed E-state index contributed by atoms with van der Waals surface area (Å²) in [5, 5.41) is 5.87. The van der Waals surface area contributed by atoms with Gasteiger partial charge in [-0.3, -0.25) is 9.78 Å². The Bertz CT molecular complexity index is 1650. The zero-order valence-corrected chi connectivity index (χ0v) is 25.3. The second kappa shape index (κ2) is 12.9. The quantitative estimate of drug-likeness (QED) is 0.186. The van der Waals surface area contributed by atoms with Crippen molar-refractivity contribution in [3.8, 4) is 11.3 Å². The molecule has 15 heteroatoms. The van der Waals surface area contributed by atoms with E-state index in [1.165, 1.54) is 24.3 Å². The van der Waals surface area contributed by atoms with Gasteiger partial charge >= 0.3 is 6.18 Å². The number of halogens is 6. The summed E-state index contributed by atoms with van der Waals surface area (Å²) < 4.78 is 82.9. The van der Waals surface area contributed by atoms with Gasteiger partial charge in [0, 0.05) is 24.7 Å². The average Bonchev–Trinajstić information content (AvgIpc) is 3.57. The summed E-state index contributed by atoms with van der Waals surface area (Å²) in [6, 6.07) is 14.4. The third kappa shape index (κ3) is 7.60. The molecule has 1 aliphatic heterocycles. The maximum absolute atomic E-state index is 14.4. The molecule has 2 N–H and O–H groups in total. The number of carbonyl (C=O) groups is 1. The smallest absolute Gasteiger partial charge is 0.362 e. The first-order valence-corrected chi connectivity index (χ1v) is 15.5. The Hall–Kier alpha value is -3.46. The molecule has 3 atom stereocenters. The highest BCUT2D eigenvalue weighted by Gasteiger charge is 2.50. The fourth-order valence-corrected chi connectivity index (χ4v) is 7.55. The number of alkyl halides is 5.